The van der Waals surface area contributed by atoms with Gasteiger partial charge in [0.2, 0.25) is 6.79 Å². The van der Waals surface area contributed by atoms with Crippen LogP contribution in [0.15, 0.2) is 36.8 Å². The molecule has 0 aliphatic carbocycles. The van der Waals surface area contributed by atoms with Crippen LogP contribution in [-0.4, -0.2) is 50.5 Å². The van der Waals surface area contributed by atoms with E-state index < -0.39 is 11.7 Å². The second-order valence-corrected chi connectivity index (χ2v) is 8.29. The Bertz CT molecular complexity index is 1430. The number of nitrogens with zero attached hydrogens (tertiary/aromatic N) is 5. The Morgan fingerprint density at radius 2 is 2.06 bits per heavy atom. The number of fused-ring (bicyclic) bond motifs is 2. The van der Waals surface area contributed by atoms with E-state index >= 15 is 0 Å². The first-order valence-corrected chi connectivity index (χ1v) is 11.2. The first-order chi connectivity index (χ1) is 17.1. The number of hydrogen-bond donors (Lipinski definition) is 3. The summed E-state index contributed by atoms with van der Waals surface area (Å²) in [4.78, 5) is 25.1. The number of benzene rings is 1. The van der Waals surface area contributed by atoms with E-state index in [1.807, 2.05) is 4.68 Å². The summed E-state index contributed by atoms with van der Waals surface area (Å²) >= 11 is 0. The van der Waals surface area contributed by atoms with Crippen LogP contribution < -0.4 is 25.8 Å². The van der Waals surface area contributed by atoms with Crippen LogP contribution >= 0.6 is 0 Å². The third-order valence-corrected chi connectivity index (χ3v) is 6.12. The minimum Gasteiger partial charge on any atom is -0.453 e. The average molecular weight is 476 g/mol. The van der Waals surface area contributed by atoms with Crippen LogP contribution in [0.3, 0.4) is 0 Å². The van der Waals surface area contributed by atoms with Gasteiger partial charge in [0.1, 0.15) is 29.4 Å². The number of nitrogens with one attached hydrogen (secondary N) is 2. The lowest BCUT2D eigenvalue weighted by Gasteiger charge is -2.23. The Morgan fingerprint density at radius 1 is 1.17 bits per heavy atom. The Labute approximate surface area is 198 Å². The van der Waals surface area contributed by atoms with Crippen molar-refractivity contribution in [1.82, 2.24) is 30.0 Å². The number of hydrogen-bond acceptors (Lipinski definition) is 9. The molecule has 0 unspecified atom stereocenters. The van der Waals surface area contributed by atoms with E-state index in [0.717, 1.165) is 32.1 Å². The van der Waals surface area contributed by atoms with E-state index in [1.54, 1.807) is 12.1 Å². The summed E-state index contributed by atoms with van der Waals surface area (Å²) in [6.45, 7) is 1.72. The van der Waals surface area contributed by atoms with Crippen molar-refractivity contribution in [3.8, 4) is 22.8 Å². The van der Waals surface area contributed by atoms with Crippen LogP contribution in [0.2, 0.25) is 0 Å². The lowest BCUT2D eigenvalue weighted by Crippen LogP contribution is -2.32. The Balaban J connectivity index is 1.42. The first-order valence-electron chi connectivity index (χ1n) is 11.2. The number of nitrogens with two attached hydrogens (primary N) is 1. The number of carbonyl (C=O) groups is 1. The van der Waals surface area contributed by atoms with Crippen molar-refractivity contribution in [2.24, 2.45) is 0 Å². The van der Waals surface area contributed by atoms with Gasteiger partial charge in [-0.05, 0) is 43.7 Å². The minimum absolute atomic E-state index is 0.0266. The van der Waals surface area contributed by atoms with Crippen molar-refractivity contribution in [3.63, 3.8) is 0 Å². The van der Waals surface area contributed by atoms with Gasteiger partial charge < -0.3 is 25.8 Å². The molecule has 35 heavy (non-hydrogen) atoms. The highest BCUT2D eigenvalue weighted by Crippen LogP contribution is 2.48. The van der Waals surface area contributed by atoms with Gasteiger partial charge in [0.25, 0.3) is 5.91 Å². The lowest BCUT2D eigenvalue weighted by atomic mass is 10.1. The van der Waals surface area contributed by atoms with Gasteiger partial charge in [0.15, 0.2) is 17.1 Å². The standard InChI is InChI=1S/C23H21FN8O3/c24-12-3-5-16(27-8-12)23(33)30-15-6-4-14(19-20(15)35-11-34-19)18-17-21(25)28-10-29-22(17)32(31-18)13-2-1-7-26-9-13/h3-6,8,10,13,26H,1-2,7,9,11H2,(H,30,33)(H2,25,28,29)/t13-/m1/s1. The summed E-state index contributed by atoms with van der Waals surface area (Å²) in [5, 5.41) is 11.7. The van der Waals surface area contributed by atoms with Crippen LogP contribution in [0.4, 0.5) is 15.9 Å². The maximum atomic E-state index is 13.2. The highest BCUT2D eigenvalue weighted by molar-refractivity contribution is 6.05. The zero-order valence-corrected chi connectivity index (χ0v) is 18.5. The molecule has 1 saturated heterocycles. The molecule has 4 aromatic rings. The predicted molar refractivity (Wildman–Crippen MR) is 125 cm³/mol. The molecule has 2 aliphatic rings. The van der Waals surface area contributed by atoms with E-state index in [1.165, 1.54) is 18.5 Å². The molecule has 0 radical (unpaired) electrons. The van der Waals surface area contributed by atoms with Crippen molar-refractivity contribution in [3.05, 3.63) is 48.3 Å². The molecule has 4 N–H and O–H groups in total. The number of halogens is 1. The van der Waals surface area contributed by atoms with Gasteiger partial charge in [0, 0.05) is 12.1 Å². The summed E-state index contributed by atoms with van der Waals surface area (Å²) in [6, 6.07) is 6.07. The summed E-state index contributed by atoms with van der Waals surface area (Å²) in [7, 11) is 0. The average Bonchev–Trinajstić information content (AvgIpc) is 3.52. The van der Waals surface area contributed by atoms with Crippen molar-refractivity contribution >= 4 is 28.4 Å². The summed E-state index contributed by atoms with van der Waals surface area (Å²) in [5.74, 6) is 0.0596. The van der Waals surface area contributed by atoms with Crippen LogP contribution in [0, 0.1) is 5.82 Å². The van der Waals surface area contributed by atoms with Gasteiger partial charge in [-0.25, -0.2) is 24.0 Å². The molecule has 1 aromatic carbocycles. The van der Waals surface area contributed by atoms with Crippen LogP contribution in [-0.2, 0) is 0 Å². The second-order valence-electron chi connectivity index (χ2n) is 8.29. The van der Waals surface area contributed by atoms with Crippen molar-refractivity contribution < 1.29 is 18.7 Å². The molecule has 0 spiro atoms. The van der Waals surface area contributed by atoms with Crippen LogP contribution in [0.25, 0.3) is 22.3 Å². The molecule has 2 aliphatic heterocycles. The lowest BCUT2D eigenvalue weighted by molar-refractivity contribution is 0.102. The normalized spacial score (nSPS) is 17.0. The molecule has 1 amide bonds. The molecule has 178 valence electrons. The number of nitrogen functional groups attached to an aromatic ring is 1. The van der Waals surface area contributed by atoms with E-state index in [-0.39, 0.29) is 18.5 Å². The number of pyridine rings is 1. The Hall–Kier alpha value is -4.32. The second kappa shape index (κ2) is 8.47. The van der Waals surface area contributed by atoms with E-state index in [0.29, 0.717) is 45.3 Å². The van der Waals surface area contributed by atoms with E-state index in [4.69, 9.17) is 20.3 Å². The minimum atomic E-state index is -0.526. The Morgan fingerprint density at radius 3 is 2.86 bits per heavy atom. The SMILES string of the molecule is Nc1ncnc2c1c(-c1ccc(NC(=O)c3ccc(F)cn3)c3c1OCO3)nn2[C@@H]1CCCNC1. The summed E-state index contributed by atoms with van der Waals surface area (Å²) in [6.07, 6.45) is 4.42. The number of ether oxygens (including phenoxy) is 2. The van der Waals surface area contributed by atoms with Crippen molar-refractivity contribution in [1.29, 1.82) is 0 Å². The van der Waals surface area contributed by atoms with Crippen LogP contribution in [0.1, 0.15) is 29.4 Å². The monoisotopic (exact) mass is 476 g/mol. The molecule has 1 fully saturated rings. The largest absolute Gasteiger partial charge is 0.453 e. The fourth-order valence-electron chi connectivity index (χ4n) is 4.46. The number of rotatable bonds is 4. The molecule has 11 nitrogen and oxygen atoms in total. The summed E-state index contributed by atoms with van der Waals surface area (Å²) in [5.41, 5.74) is 8.59. The van der Waals surface area contributed by atoms with Gasteiger partial charge >= 0.3 is 0 Å². The molecule has 12 heteroatoms. The topological polar surface area (TPSA) is 142 Å². The number of aromatic nitrogens is 5. The first kappa shape index (κ1) is 21.2. The number of piperidine rings is 1. The third-order valence-electron chi connectivity index (χ3n) is 6.12. The maximum absolute atomic E-state index is 13.2. The number of anilines is 2. The third kappa shape index (κ3) is 3.67. The van der Waals surface area contributed by atoms with Crippen LogP contribution in [0.5, 0.6) is 11.5 Å². The van der Waals surface area contributed by atoms with Gasteiger partial charge in [-0.1, -0.05) is 0 Å². The molecule has 0 bridgehead atoms. The van der Waals surface area contributed by atoms with E-state index in [9.17, 15) is 9.18 Å². The van der Waals surface area contributed by atoms with E-state index in [2.05, 4.69) is 25.6 Å². The molecule has 6 rings (SSSR count). The highest BCUT2D eigenvalue weighted by atomic mass is 19.1. The van der Waals surface area contributed by atoms with Gasteiger partial charge in [-0.2, -0.15) is 5.10 Å². The molecule has 1 atom stereocenters. The number of amides is 1. The fraction of sp³-hybridized carbons (Fsp3) is 0.261. The predicted octanol–water partition coefficient (Wildman–Crippen LogP) is 2.52. The van der Waals surface area contributed by atoms with Gasteiger partial charge in [-0.15, -0.1) is 0 Å². The molecular weight excluding hydrogens is 455 g/mol. The highest BCUT2D eigenvalue weighted by Gasteiger charge is 2.29. The maximum Gasteiger partial charge on any atom is 0.274 e. The number of carbonyl (C=O) groups excluding carboxylic acids is 1. The quantitative estimate of drug-likeness (QED) is 0.405. The zero-order valence-electron chi connectivity index (χ0n) is 18.5. The fourth-order valence-corrected chi connectivity index (χ4v) is 4.46. The van der Waals surface area contributed by atoms with Crippen molar-refractivity contribution in [2.45, 2.75) is 18.9 Å². The molecule has 0 saturated carbocycles. The zero-order chi connectivity index (χ0) is 23.9. The molecule has 3 aromatic heterocycles. The Kier molecular flexibility index (Phi) is 5.14. The van der Waals surface area contributed by atoms with Gasteiger partial charge in [0.05, 0.1) is 23.3 Å². The van der Waals surface area contributed by atoms with Gasteiger partial charge in [-0.3, -0.25) is 4.79 Å². The molecule has 5 heterocycles. The summed E-state index contributed by atoms with van der Waals surface area (Å²) < 4.78 is 26.5. The molecular formula is C23H21FN8O3. The smallest absolute Gasteiger partial charge is 0.274 e. The van der Waals surface area contributed by atoms with Crippen molar-refractivity contribution in [2.75, 3.05) is 30.9 Å².